The Bertz CT molecular complexity index is 1420. The third-order valence-electron chi connectivity index (χ3n) is 7.19. The monoisotopic (exact) mass is 493 g/mol. The van der Waals surface area contributed by atoms with Crippen LogP contribution in [0.4, 0.5) is 8.78 Å². The predicted molar refractivity (Wildman–Crippen MR) is 128 cm³/mol. The van der Waals surface area contributed by atoms with Gasteiger partial charge < -0.3 is 14.7 Å². The lowest BCUT2D eigenvalue weighted by Gasteiger charge is -2.44. The zero-order valence-electron chi connectivity index (χ0n) is 19.5. The summed E-state index contributed by atoms with van der Waals surface area (Å²) in [4.78, 5) is 27.2. The fourth-order valence-electron chi connectivity index (χ4n) is 5.27. The molecule has 0 radical (unpaired) electrons. The lowest BCUT2D eigenvalue weighted by molar-refractivity contribution is 0.0676. The van der Waals surface area contributed by atoms with Gasteiger partial charge >= 0.3 is 0 Å². The van der Waals surface area contributed by atoms with Gasteiger partial charge in [-0.15, -0.1) is 0 Å². The minimum atomic E-state index is -1.06. The van der Waals surface area contributed by atoms with Gasteiger partial charge in [0.05, 0.1) is 6.61 Å². The molecule has 2 aromatic carbocycles. The van der Waals surface area contributed by atoms with E-state index < -0.39 is 34.8 Å². The van der Waals surface area contributed by atoms with Gasteiger partial charge in [0.1, 0.15) is 12.7 Å². The Balaban J connectivity index is 1.66. The quantitative estimate of drug-likeness (QED) is 0.584. The topological polar surface area (TPSA) is 75.0 Å². The van der Waals surface area contributed by atoms with Crippen molar-refractivity contribution in [3.05, 3.63) is 92.9 Å². The third-order valence-corrected chi connectivity index (χ3v) is 7.19. The number of hydrogen-bond donors (Lipinski definition) is 1. The van der Waals surface area contributed by atoms with Crippen molar-refractivity contribution in [3.8, 4) is 11.5 Å². The average molecular weight is 494 g/mol. The van der Waals surface area contributed by atoms with Crippen molar-refractivity contribution < 1.29 is 23.4 Å². The molecule has 0 spiro atoms. The van der Waals surface area contributed by atoms with Gasteiger partial charge in [-0.05, 0) is 54.9 Å². The number of fused-ring (bicyclic) bond motifs is 5. The lowest BCUT2D eigenvalue weighted by Crippen LogP contribution is -2.55. The van der Waals surface area contributed by atoms with Crippen molar-refractivity contribution in [1.29, 1.82) is 0 Å². The summed E-state index contributed by atoms with van der Waals surface area (Å²) in [7, 11) is 0. The van der Waals surface area contributed by atoms with E-state index >= 15 is 4.39 Å². The van der Waals surface area contributed by atoms with E-state index in [1.54, 1.807) is 4.90 Å². The summed E-state index contributed by atoms with van der Waals surface area (Å²) >= 11 is 0. The molecular formula is C27H25F2N3O4. The van der Waals surface area contributed by atoms with Crippen LogP contribution in [0, 0.1) is 11.6 Å². The summed E-state index contributed by atoms with van der Waals surface area (Å²) in [6, 6.07) is 10.9. The molecule has 2 aliphatic heterocycles. The number of ether oxygens (including phenoxy) is 1. The average Bonchev–Trinajstić information content (AvgIpc) is 3.72. The molecule has 9 heteroatoms. The van der Waals surface area contributed by atoms with Crippen LogP contribution in [0.15, 0.2) is 53.5 Å². The molecule has 1 aliphatic carbocycles. The Hall–Kier alpha value is -3.88. The predicted octanol–water partition coefficient (Wildman–Crippen LogP) is 4.02. The first kappa shape index (κ1) is 22.6. The van der Waals surface area contributed by atoms with Gasteiger partial charge in [-0.25, -0.2) is 4.39 Å². The number of aromatic hydroxyl groups is 1. The zero-order chi connectivity index (χ0) is 25.0. The number of aromatic nitrogens is 1. The van der Waals surface area contributed by atoms with Crippen LogP contribution in [0.25, 0.3) is 0 Å². The van der Waals surface area contributed by atoms with E-state index in [1.165, 1.54) is 23.0 Å². The van der Waals surface area contributed by atoms with Gasteiger partial charge in [0.15, 0.2) is 23.0 Å². The molecule has 3 aromatic rings. The summed E-state index contributed by atoms with van der Waals surface area (Å²) in [5.74, 6) is -2.98. The van der Waals surface area contributed by atoms with Crippen molar-refractivity contribution in [2.24, 2.45) is 0 Å². The number of halogens is 2. The van der Waals surface area contributed by atoms with Crippen molar-refractivity contribution in [1.82, 2.24) is 9.58 Å². The number of carbonyl (C=O) groups is 1. The van der Waals surface area contributed by atoms with E-state index in [0.29, 0.717) is 30.9 Å². The molecule has 1 fully saturated rings. The molecule has 3 heterocycles. The Morgan fingerprint density at radius 1 is 0.944 bits per heavy atom. The fourth-order valence-corrected chi connectivity index (χ4v) is 5.27. The van der Waals surface area contributed by atoms with Crippen molar-refractivity contribution >= 4 is 5.91 Å². The maximum atomic E-state index is 15.2. The molecular weight excluding hydrogens is 468 g/mol. The molecule has 7 nitrogen and oxygen atoms in total. The van der Waals surface area contributed by atoms with E-state index in [9.17, 15) is 19.1 Å². The molecule has 6 rings (SSSR count). The molecule has 36 heavy (non-hydrogen) atoms. The van der Waals surface area contributed by atoms with Crippen LogP contribution in [0.2, 0.25) is 0 Å². The zero-order valence-corrected chi connectivity index (χ0v) is 19.5. The Labute approximate surface area is 206 Å². The Morgan fingerprint density at radius 3 is 2.50 bits per heavy atom. The van der Waals surface area contributed by atoms with Crippen molar-refractivity contribution in [3.63, 3.8) is 0 Å². The first-order valence-electron chi connectivity index (χ1n) is 12.2. The molecule has 1 atom stereocenters. The van der Waals surface area contributed by atoms with Crippen molar-refractivity contribution in [2.45, 2.75) is 37.6 Å². The molecule has 0 unspecified atom stereocenters. The van der Waals surface area contributed by atoms with E-state index in [1.807, 2.05) is 29.3 Å². The van der Waals surface area contributed by atoms with E-state index in [0.717, 1.165) is 30.0 Å². The molecule has 3 aliphatic rings. The van der Waals surface area contributed by atoms with Gasteiger partial charge in [-0.1, -0.05) is 24.3 Å². The summed E-state index contributed by atoms with van der Waals surface area (Å²) in [6.45, 7) is 0.629. The summed E-state index contributed by atoms with van der Waals surface area (Å²) < 4.78 is 36.9. The van der Waals surface area contributed by atoms with Crippen LogP contribution in [-0.2, 0) is 0 Å². The van der Waals surface area contributed by atoms with Gasteiger partial charge in [0.2, 0.25) is 11.2 Å². The van der Waals surface area contributed by atoms with Crippen LogP contribution in [0.5, 0.6) is 11.5 Å². The second kappa shape index (κ2) is 8.65. The lowest BCUT2D eigenvalue weighted by atomic mass is 9.91. The summed E-state index contributed by atoms with van der Waals surface area (Å²) in [5.41, 5.74) is 1.55. The molecule has 1 N–H and O–H groups in total. The number of benzene rings is 2. The van der Waals surface area contributed by atoms with E-state index in [4.69, 9.17) is 4.74 Å². The maximum absolute atomic E-state index is 15.2. The van der Waals surface area contributed by atoms with Crippen LogP contribution >= 0.6 is 0 Å². The molecule has 2 bridgehead atoms. The third kappa shape index (κ3) is 3.61. The first-order valence-corrected chi connectivity index (χ1v) is 12.2. The van der Waals surface area contributed by atoms with Gasteiger partial charge in [0.25, 0.3) is 5.91 Å². The highest BCUT2D eigenvalue weighted by Gasteiger charge is 2.40. The number of pyridine rings is 1. The molecule has 1 amide bonds. The minimum absolute atomic E-state index is 0.121. The number of hydrogen-bond acceptors (Lipinski definition) is 5. The second-order valence-corrected chi connectivity index (χ2v) is 9.51. The summed E-state index contributed by atoms with van der Waals surface area (Å²) in [5, 5.41) is 12.5. The largest absolute Gasteiger partial charge is 0.502 e. The molecule has 0 saturated heterocycles. The minimum Gasteiger partial charge on any atom is -0.502 e. The number of amides is 1. The normalized spacial score (nSPS) is 19.7. The maximum Gasteiger partial charge on any atom is 0.277 e. The highest BCUT2D eigenvalue weighted by Crippen LogP contribution is 2.47. The summed E-state index contributed by atoms with van der Waals surface area (Å²) in [6.07, 6.45) is 4.56. The molecule has 186 valence electrons. The van der Waals surface area contributed by atoms with E-state index in [-0.39, 0.29) is 24.7 Å². The van der Waals surface area contributed by atoms with E-state index in [2.05, 4.69) is 0 Å². The van der Waals surface area contributed by atoms with Crippen LogP contribution in [0.1, 0.15) is 64.8 Å². The molecule has 1 aromatic heterocycles. The second-order valence-electron chi connectivity index (χ2n) is 9.51. The van der Waals surface area contributed by atoms with Gasteiger partial charge in [-0.2, -0.15) is 4.39 Å². The first-order chi connectivity index (χ1) is 17.5. The Kier molecular flexibility index (Phi) is 5.43. The van der Waals surface area contributed by atoms with Crippen LogP contribution in [0.3, 0.4) is 0 Å². The highest BCUT2D eigenvalue weighted by atomic mass is 19.2. The van der Waals surface area contributed by atoms with Crippen LogP contribution in [-0.4, -0.2) is 40.4 Å². The molecule has 1 saturated carbocycles. The number of carbonyl (C=O) groups excluding carboxylic acids is 1. The standard InChI is InChI=1S/C27H25F2N3O4/c28-20-10-9-19-23(18-6-2-1-5-17(18)16-7-8-16)32-15-30(12-3-4-14-36-26(19)22(20)29)27(35)24-25(34)21(33)11-13-31(24)32/h1-2,5-6,9-11,13,16,23,34H,3-4,7-8,12,14-15H2/t23-/m0/s1. The van der Waals surface area contributed by atoms with Crippen LogP contribution < -0.4 is 15.2 Å². The SMILES string of the molecule is O=C1c2c(O)c(=O)ccn2N2CN1CCCCOc1c(ccc(F)c1F)[C@@H]2c1ccccc1C1CC1. The number of nitrogens with zero attached hydrogens (tertiary/aromatic N) is 3. The number of rotatable bonds is 2. The fraction of sp³-hybridized carbons (Fsp3) is 0.333. The van der Waals surface area contributed by atoms with Crippen molar-refractivity contribution in [2.75, 3.05) is 24.8 Å². The smallest absolute Gasteiger partial charge is 0.277 e. The highest BCUT2D eigenvalue weighted by molar-refractivity contribution is 5.96. The van der Waals surface area contributed by atoms with Gasteiger partial charge in [-0.3, -0.25) is 19.3 Å². The van der Waals surface area contributed by atoms with Gasteiger partial charge in [0, 0.05) is 24.4 Å². The Morgan fingerprint density at radius 2 is 1.72 bits per heavy atom.